The molecule has 3 N–H and O–H groups in total. The maximum atomic E-state index is 10.5. The zero-order valence-corrected chi connectivity index (χ0v) is 7.66. The number of hydrogen-bond acceptors (Lipinski definition) is 4. The molecule has 0 spiro atoms. The number of nitrogens with zero attached hydrogens (tertiary/aromatic N) is 1. The van der Waals surface area contributed by atoms with E-state index >= 15 is 0 Å². The molecule has 0 aliphatic heterocycles. The number of thiocarbonyl (C=S) groups is 1. The summed E-state index contributed by atoms with van der Waals surface area (Å²) >= 11 is 4.73. The van der Waals surface area contributed by atoms with Gasteiger partial charge in [0.05, 0.1) is 0 Å². The lowest BCUT2D eigenvalue weighted by molar-refractivity contribution is -0.117. The average molecular weight is 183 g/mol. The number of nitriles is 1. The van der Waals surface area contributed by atoms with Crippen LogP contribution in [-0.2, 0) is 4.79 Å². The van der Waals surface area contributed by atoms with Crippen LogP contribution in [0.25, 0.3) is 0 Å². The van der Waals surface area contributed by atoms with Gasteiger partial charge in [-0.15, -0.1) is 0 Å². The van der Waals surface area contributed by atoms with Crippen molar-refractivity contribution < 1.29 is 4.79 Å². The number of amides is 1. The van der Waals surface area contributed by atoms with Gasteiger partial charge in [0.15, 0.2) is 0 Å². The van der Waals surface area contributed by atoms with Gasteiger partial charge in [-0.1, -0.05) is 12.2 Å². The van der Waals surface area contributed by atoms with Gasteiger partial charge in [0.25, 0.3) is 0 Å². The van der Waals surface area contributed by atoms with E-state index in [4.69, 9.17) is 23.2 Å². The van der Waals surface area contributed by atoms with Crippen LogP contribution in [0, 0.1) is 11.3 Å². The first kappa shape index (κ1) is 10.6. The van der Waals surface area contributed by atoms with Gasteiger partial charge in [-0.25, -0.2) is 0 Å². The monoisotopic (exact) mass is 183 g/mol. The number of carbonyl (C=O) groups is 1. The fourth-order valence-electron chi connectivity index (χ4n) is 0.540. The highest BCUT2D eigenvalue weighted by molar-refractivity contribution is 7.80. The number of nitrogens with one attached hydrogen (secondary N) is 1. The first-order chi connectivity index (χ1) is 5.49. The molecular formula is C7H9N3OS. The Morgan fingerprint density at radius 2 is 2.08 bits per heavy atom. The van der Waals surface area contributed by atoms with Gasteiger partial charge in [-0.05, 0) is 6.92 Å². The first-order valence-corrected chi connectivity index (χ1v) is 3.58. The number of nitrogens with two attached hydrogens (primary N) is 1. The van der Waals surface area contributed by atoms with Crippen LogP contribution in [-0.4, -0.2) is 10.9 Å². The Morgan fingerprint density at radius 3 is 2.33 bits per heavy atom. The van der Waals surface area contributed by atoms with E-state index in [9.17, 15) is 4.79 Å². The molecule has 0 aliphatic carbocycles. The minimum Gasteiger partial charge on any atom is -0.401 e. The Balaban J connectivity index is 4.60. The average Bonchev–Trinajstić information content (AvgIpc) is 1.85. The van der Waals surface area contributed by atoms with E-state index in [1.54, 1.807) is 13.0 Å². The van der Waals surface area contributed by atoms with Crippen LogP contribution in [0.1, 0.15) is 13.8 Å². The third-order valence-corrected chi connectivity index (χ3v) is 1.33. The van der Waals surface area contributed by atoms with Crippen molar-refractivity contribution in [1.82, 2.24) is 5.32 Å². The molecule has 4 nitrogen and oxygen atoms in total. The summed E-state index contributed by atoms with van der Waals surface area (Å²) in [6.45, 7) is 2.86. The topological polar surface area (TPSA) is 78.9 Å². The molecule has 1 amide bonds. The number of carbonyl (C=O) groups excluding carboxylic acids is 1. The van der Waals surface area contributed by atoms with Gasteiger partial charge in [0.2, 0.25) is 5.91 Å². The molecular weight excluding hydrogens is 174 g/mol. The second kappa shape index (κ2) is 4.46. The molecule has 0 aromatic heterocycles. The Morgan fingerprint density at radius 1 is 1.58 bits per heavy atom. The third kappa shape index (κ3) is 3.12. The van der Waals surface area contributed by atoms with E-state index < -0.39 is 0 Å². The maximum Gasteiger partial charge on any atom is 0.221 e. The minimum atomic E-state index is -0.311. The molecule has 64 valence electrons. The zero-order valence-electron chi connectivity index (χ0n) is 6.84. The van der Waals surface area contributed by atoms with Gasteiger partial charge in [-0.2, -0.15) is 5.26 Å². The fraction of sp³-hybridized carbons (Fsp3) is 0.286. The predicted molar refractivity (Wildman–Crippen MR) is 48.9 cm³/mol. The SMILES string of the molecule is CC(=O)NC(=S)C(C#N)=C(C)N. The van der Waals surface area contributed by atoms with E-state index in [1.807, 2.05) is 0 Å². The van der Waals surface area contributed by atoms with Crippen molar-refractivity contribution >= 4 is 23.1 Å². The van der Waals surface area contributed by atoms with Crippen LogP contribution in [0.4, 0.5) is 0 Å². The molecule has 0 aromatic rings. The second-order valence-electron chi connectivity index (χ2n) is 2.18. The van der Waals surface area contributed by atoms with E-state index in [0.717, 1.165) is 0 Å². The molecule has 0 heterocycles. The van der Waals surface area contributed by atoms with Crippen LogP contribution >= 0.6 is 12.2 Å². The van der Waals surface area contributed by atoms with Crippen LogP contribution in [0.2, 0.25) is 0 Å². The van der Waals surface area contributed by atoms with E-state index in [2.05, 4.69) is 5.32 Å². The number of hydrogen-bond donors (Lipinski definition) is 2. The standard InChI is InChI=1S/C7H9N3OS/c1-4(9)6(3-8)7(12)10-5(2)11/h9H2,1-2H3,(H,10,11,12). The van der Waals surface area contributed by atoms with Crippen LogP contribution < -0.4 is 11.1 Å². The van der Waals surface area contributed by atoms with Crippen molar-refractivity contribution in [3.05, 3.63) is 11.3 Å². The zero-order chi connectivity index (χ0) is 9.72. The summed E-state index contributed by atoms with van der Waals surface area (Å²) in [5, 5.41) is 10.9. The molecule has 0 rings (SSSR count). The molecule has 0 unspecified atom stereocenters. The number of allylic oxidation sites excluding steroid dienone is 1. The highest BCUT2D eigenvalue weighted by Gasteiger charge is 2.07. The summed E-state index contributed by atoms with van der Waals surface area (Å²) in [4.78, 5) is 10.6. The van der Waals surface area contributed by atoms with Crippen molar-refractivity contribution in [1.29, 1.82) is 5.26 Å². The normalized spacial score (nSPS) is 11.1. The van der Waals surface area contributed by atoms with E-state index in [1.165, 1.54) is 6.92 Å². The van der Waals surface area contributed by atoms with E-state index in [0.29, 0.717) is 5.70 Å². The Kier molecular flexibility index (Phi) is 3.94. The van der Waals surface area contributed by atoms with Crippen LogP contribution in [0.15, 0.2) is 11.3 Å². The third-order valence-electron chi connectivity index (χ3n) is 1.02. The van der Waals surface area contributed by atoms with Crippen molar-refractivity contribution in [2.45, 2.75) is 13.8 Å². The predicted octanol–water partition coefficient (Wildman–Crippen LogP) is 0.206. The molecule has 0 bridgehead atoms. The van der Waals surface area contributed by atoms with Gasteiger partial charge >= 0.3 is 0 Å². The lowest BCUT2D eigenvalue weighted by atomic mass is 10.2. The van der Waals surface area contributed by atoms with Crippen molar-refractivity contribution in [3.63, 3.8) is 0 Å². The van der Waals surface area contributed by atoms with Crippen molar-refractivity contribution in [2.75, 3.05) is 0 Å². The first-order valence-electron chi connectivity index (χ1n) is 3.17. The lowest BCUT2D eigenvalue weighted by Gasteiger charge is -2.02. The minimum absolute atomic E-state index is 0.0741. The lowest BCUT2D eigenvalue weighted by Crippen LogP contribution is -2.28. The maximum absolute atomic E-state index is 10.5. The summed E-state index contributed by atoms with van der Waals surface area (Å²) in [7, 11) is 0. The quantitative estimate of drug-likeness (QED) is 0.346. The molecule has 0 fully saturated rings. The van der Waals surface area contributed by atoms with Crippen molar-refractivity contribution in [2.24, 2.45) is 5.73 Å². The van der Waals surface area contributed by atoms with Crippen molar-refractivity contribution in [3.8, 4) is 6.07 Å². The summed E-state index contributed by atoms with van der Waals surface area (Å²) in [5.41, 5.74) is 5.78. The molecule has 12 heavy (non-hydrogen) atoms. The molecule has 0 saturated carbocycles. The summed E-state index contributed by atoms with van der Waals surface area (Å²) in [5.74, 6) is -0.311. The van der Waals surface area contributed by atoms with Gasteiger partial charge in [-0.3, -0.25) is 4.79 Å². The summed E-state index contributed by atoms with van der Waals surface area (Å²) < 4.78 is 0. The molecule has 0 atom stereocenters. The smallest absolute Gasteiger partial charge is 0.221 e. The number of rotatable bonds is 1. The summed E-state index contributed by atoms with van der Waals surface area (Å²) in [6, 6.07) is 1.81. The molecule has 5 heteroatoms. The molecule has 0 aromatic carbocycles. The van der Waals surface area contributed by atoms with Gasteiger partial charge in [0, 0.05) is 12.6 Å². The molecule has 0 aliphatic rings. The second-order valence-corrected chi connectivity index (χ2v) is 2.59. The fourth-order valence-corrected chi connectivity index (χ4v) is 0.891. The van der Waals surface area contributed by atoms with E-state index in [-0.39, 0.29) is 16.5 Å². The molecule has 0 radical (unpaired) electrons. The largest absolute Gasteiger partial charge is 0.401 e. The van der Waals surface area contributed by atoms with Crippen LogP contribution in [0.5, 0.6) is 0 Å². The molecule has 0 saturated heterocycles. The van der Waals surface area contributed by atoms with Crippen LogP contribution in [0.3, 0.4) is 0 Å². The Hall–Kier alpha value is -1.41. The van der Waals surface area contributed by atoms with Gasteiger partial charge in [0.1, 0.15) is 16.6 Å². The highest BCUT2D eigenvalue weighted by Crippen LogP contribution is 1.98. The van der Waals surface area contributed by atoms with Gasteiger partial charge < -0.3 is 11.1 Å². The Bertz CT molecular complexity index is 284. The summed E-state index contributed by atoms with van der Waals surface area (Å²) in [6.07, 6.45) is 0. The Labute approximate surface area is 76.0 Å². The highest BCUT2D eigenvalue weighted by atomic mass is 32.1.